The second-order valence-corrected chi connectivity index (χ2v) is 6.24. The Bertz CT molecular complexity index is 732. The first-order chi connectivity index (χ1) is 12.5. The maximum absolute atomic E-state index is 12.3. The lowest BCUT2D eigenvalue weighted by molar-refractivity contribution is -0.118. The van der Waals surface area contributed by atoms with Gasteiger partial charge in [0.2, 0.25) is 5.91 Å². The second kappa shape index (κ2) is 9.46. The monoisotopic (exact) mass is 355 g/mol. The summed E-state index contributed by atoms with van der Waals surface area (Å²) in [5.41, 5.74) is 1.27. The zero-order chi connectivity index (χ0) is 18.9. The molecule has 0 aliphatic rings. The summed E-state index contributed by atoms with van der Waals surface area (Å²) in [7, 11) is 1.70. The molecule has 0 aliphatic carbocycles. The molecule has 0 aliphatic heterocycles. The molecule has 0 radical (unpaired) electrons. The number of likely N-dealkylation sites (N-methyl/N-ethyl adjacent to an activating group) is 1. The standard InChI is InChI=1S/C20H25N3O3/c1-15(2)19(24)21-16-8-7-9-17(14-16)22-20(25)23(3)12-13-26-18-10-5-4-6-11-18/h4-11,14-15H,12-13H2,1-3H3,(H,21,24)(H,22,25). The number of benzene rings is 2. The number of rotatable bonds is 7. The lowest BCUT2D eigenvalue weighted by atomic mass is 10.2. The summed E-state index contributed by atoms with van der Waals surface area (Å²) in [5, 5.41) is 5.63. The summed E-state index contributed by atoms with van der Waals surface area (Å²) in [6.45, 7) is 4.50. The molecule has 2 aromatic rings. The summed E-state index contributed by atoms with van der Waals surface area (Å²) in [6.07, 6.45) is 0. The van der Waals surface area contributed by atoms with Crippen LogP contribution < -0.4 is 15.4 Å². The minimum atomic E-state index is -0.242. The maximum atomic E-state index is 12.3. The third-order valence-corrected chi connectivity index (χ3v) is 3.69. The molecule has 0 heterocycles. The Morgan fingerprint density at radius 1 is 1.00 bits per heavy atom. The van der Waals surface area contributed by atoms with Gasteiger partial charge in [0, 0.05) is 24.3 Å². The van der Waals surface area contributed by atoms with E-state index in [0.717, 1.165) is 5.75 Å². The molecular formula is C20H25N3O3. The summed E-state index contributed by atoms with van der Waals surface area (Å²) in [6, 6.07) is 16.3. The van der Waals surface area contributed by atoms with Crippen LogP contribution in [-0.4, -0.2) is 37.0 Å². The Kier molecular flexibility index (Phi) is 7.02. The Labute approximate surface area is 154 Å². The van der Waals surface area contributed by atoms with Gasteiger partial charge in [0.1, 0.15) is 12.4 Å². The van der Waals surface area contributed by atoms with Gasteiger partial charge >= 0.3 is 6.03 Å². The van der Waals surface area contributed by atoms with Crippen LogP contribution in [0.5, 0.6) is 5.75 Å². The highest BCUT2D eigenvalue weighted by Gasteiger charge is 2.11. The average Bonchev–Trinajstić information content (AvgIpc) is 2.62. The van der Waals surface area contributed by atoms with Crippen LogP contribution in [0.4, 0.5) is 16.2 Å². The van der Waals surface area contributed by atoms with E-state index in [9.17, 15) is 9.59 Å². The average molecular weight is 355 g/mol. The molecule has 2 N–H and O–H groups in total. The quantitative estimate of drug-likeness (QED) is 0.793. The van der Waals surface area contributed by atoms with E-state index in [1.807, 2.05) is 44.2 Å². The number of anilines is 2. The number of para-hydroxylation sites is 1. The van der Waals surface area contributed by atoms with Gasteiger partial charge in [0.05, 0.1) is 6.54 Å². The number of urea groups is 1. The lowest BCUT2D eigenvalue weighted by Gasteiger charge is -2.18. The molecule has 0 unspecified atom stereocenters. The minimum Gasteiger partial charge on any atom is -0.492 e. The van der Waals surface area contributed by atoms with Crippen LogP contribution in [0.3, 0.4) is 0 Å². The number of amides is 3. The fourth-order valence-electron chi connectivity index (χ4n) is 2.10. The van der Waals surface area contributed by atoms with Crippen LogP contribution in [0.25, 0.3) is 0 Å². The highest BCUT2D eigenvalue weighted by molar-refractivity contribution is 5.94. The van der Waals surface area contributed by atoms with Crippen molar-refractivity contribution in [1.82, 2.24) is 4.90 Å². The van der Waals surface area contributed by atoms with Gasteiger partial charge < -0.3 is 20.3 Å². The van der Waals surface area contributed by atoms with E-state index in [2.05, 4.69) is 10.6 Å². The number of carbonyl (C=O) groups is 2. The van der Waals surface area contributed by atoms with Gasteiger partial charge in [0.15, 0.2) is 0 Å². The topological polar surface area (TPSA) is 70.7 Å². The van der Waals surface area contributed by atoms with E-state index in [1.165, 1.54) is 0 Å². The van der Waals surface area contributed by atoms with E-state index in [0.29, 0.717) is 24.5 Å². The molecule has 2 rings (SSSR count). The van der Waals surface area contributed by atoms with Crippen LogP contribution in [0, 0.1) is 5.92 Å². The third kappa shape index (κ3) is 6.12. The Hall–Kier alpha value is -3.02. The van der Waals surface area contributed by atoms with Crippen LogP contribution in [0.15, 0.2) is 54.6 Å². The van der Waals surface area contributed by atoms with Crippen molar-refractivity contribution < 1.29 is 14.3 Å². The highest BCUT2D eigenvalue weighted by atomic mass is 16.5. The number of ether oxygens (including phenoxy) is 1. The zero-order valence-corrected chi connectivity index (χ0v) is 15.4. The van der Waals surface area contributed by atoms with Gasteiger partial charge in [-0.05, 0) is 30.3 Å². The number of nitrogens with one attached hydrogen (secondary N) is 2. The minimum absolute atomic E-state index is 0.0661. The van der Waals surface area contributed by atoms with Crippen LogP contribution in [0.2, 0.25) is 0 Å². The molecule has 3 amide bonds. The predicted molar refractivity (Wildman–Crippen MR) is 103 cm³/mol. The van der Waals surface area contributed by atoms with Crippen molar-refractivity contribution >= 4 is 23.3 Å². The Morgan fingerprint density at radius 3 is 2.31 bits per heavy atom. The van der Waals surface area contributed by atoms with Crippen LogP contribution in [0.1, 0.15) is 13.8 Å². The molecule has 0 spiro atoms. The molecule has 0 bridgehead atoms. The van der Waals surface area contributed by atoms with E-state index in [4.69, 9.17) is 4.74 Å². The fraction of sp³-hybridized carbons (Fsp3) is 0.300. The van der Waals surface area contributed by atoms with Crippen molar-refractivity contribution in [3.63, 3.8) is 0 Å². The molecular weight excluding hydrogens is 330 g/mol. The molecule has 2 aromatic carbocycles. The first-order valence-corrected chi connectivity index (χ1v) is 8.56. The van der Waals surface area contributed by atoms with Crippen LogP contribution >= 0.6 is 0 Å². The normalized spacial score (nSPS) is 10.3. The number of hydrogen-bond donors (Lipinski definition) is 2. The summed E-state index contributed by atoms with van der Waals surface area (Å²) < 4.78 is 5.59. The molecule has 0 atom stereocenters. The maximum Gasteiger partial charge on any atom is 0.321 e. The number of nitrogens with zero attached hydrogens (tertiary/aromatic N) is 1. The smallest absolute Gasteiger partial charge is 0.321 e. The predicted octanol–water partition coefficient (Wildman–Crippen LogP) is 3.82. The molecule has 6 heteroatoms. The molecule has 0 aromatic heterocycles. The fourth-order valence-corrected chi connectivity index (χ4v) is 2.10. The van der Waals surface area contributed by atoms with Crippen molar-refractivity contribution in [2.24, 2.45) is 5.92 Å². The van der Waals surface area contributed by atoms with Crippen LogP contribution in [-0.2, 0) is 4.79 Å². The SMILES string of the molecule is CC(C)C(=O)Nc1cccc(NC(=O)N(C)CCOc2ccccc2)c1. The van der Waals surface area contributed by atoms with Gasteiger partial charge in [-0.15, -0.1) is 0 Å². The molecule has 0 fully saturated rings. The molecule has 0 saturated heterocycles. The van der Waals surface area contributed by atoms with Crippen molar-refractivity contribution in [2.75, 3.05) is 30.8 Å². The van der Waals surface area contributed by atoms with Gasteiger partial charge in [-0.1, -0.05) is 38.1 Å². The molecule has 0 saturated carbocycles. The summed E-state index contributed by atoms with van der Waals surface area (Å²) in [5.74, 6) is 0.600. The van der Waals surface area contributed by atoms with Gasteiger partial charge in [0.25, 0.3) is 0 Å². The zero-order valence-electron chi connectivity index (χ0n) is 15.4. The molecule has 138 valence electrons. The lowest BCUT2D eigenvalue weighted by Crippen LogP contribution is -2.34. The molecule has 6 nitrogen and oxygen atoms in total. The van der Waals surface area contributed by atoms with E-state index < -0.39 is 0 Å². The number of hydrogen-bond acceptors (Lipinski definition) is 3. The van der Waals surface area contributed by atoms with E-state index >= 15 is 0 Å². The third-order valence-electron chi connectivity index (χ3n) is 3.69. The Morgan fingerprint density at radius 2 is 1.65 bits per heavy atom. The Balaban J connectivity index is 1.83. The van der Waals surface area contributed by atoms with Crippen molar-refractivity contribution in [3.8, 4) is 5.75 Å². The van der Waals surface area contributed by atoms with Gasteiger partial charge in [-0.3, -0.25) is 4.79 Å². The highest BCUT2D eigenvalue weighted by Crippen LogP contribution is 2.16. The largest absolute Gasteiger partial charge is 0.492 e. The van der Waals surface area contributed by atoms with Crippen molar-refractivity contribution in [2.45, 2.75) is 13.8 Å². The first-order valence-electron chi connectivity index (χ1n) is 8.56. The second-order valence-electron chi connectivity index (χ2n) is 6.24. The molecule has 26 heavy (non-hydrogen) atoms. The van der Waals surface area contributed by atoms with E-state index in [1.54, 1.807) is 36.2 Å². The van der Waals surface area contributed by atoms with Crippen molar-refractivity contribution in [3.05, 3.63) is 54.6 Å². The van der Waals surface area contributed by atoms with Crippen molar-refractivity contribution in [1.29, 1.82) is 0 Å². The first kappa shape index (κ1) is 19.3. The summed E-state index contributed by atoms with van der Waals surface area (Å²) in [4.78, 5) is 25.6. The summed E-state index contributed by atoms with van der Waals surface area (Å²) >= 11 is 0. The number of carbonyl (C=O) groups excluding carboxylic acids is 2. The van der Waals surface area contributed by atoms with Gasteiger partial charge in [-0.25, -0.2) is 4.79 Å². The van der Waals surface area contributed by atoms with Gasteiger partial charge in [-0.2, -0.15) is 0 Å². The van der Waals surface area contributed by atoms with E-state index in [-0.39, 0.29) is 17.9 Å².